The monoisotopic (exact) mass is 306 g/mol. The van der Waals surface area contributed by atoms with Crippen molar-refractivity contribution in [2.75, 3.05) is 19.6 Å². The minimum absolute atomic E-state index is 0.150. The molecule has 7 heteroatoms. The quantitative estimate of drug-likeness (QED) is 0.775. The smallest absolute Gasteiger partial charge is 0.410 e. The fourth-order valence-electron chi connectivity index (χ4n) is 3.03. The molecule has 0 bridgehead atoms. The van der Waals surface area contributed by atoms with Gasteiger partial charge >= 0.3 is 12.1 Å². The Kier molecular flexibility index (Phi) is 3.66. The van der Waals surface area contributed by atoms with E-state index in [2.05, 4.69) is 5.32 Å². The van der Waals surface area contributed by atoms with Crippen LogP contribution in [0.3, 0.4) is 0 Å². The molecule has 1 amide bonds. The van der Waals surface area contributed by atoms with Gasteiger partial charge in [0.2, 0.25) is 0 Å². The number of phenols is 1. The predicted molar refractivity (Wildman–Crippen MR) is 76.8 cm³/mol. The third-order valence-corrected chi connectivity index (χ3v) is 4.22. The van der Waals surface area contributed by atoms with Gasteiger partial charge < -0.3 is 20.3 Å². The fraction of sp³-hybridized carbons (Fsp3) is 0.467. The van der Waals surface area contributed by atoms with E-state index in [1.165, 1.54) is 12.1 Å². The molecule has 118 valence electrons. The van der Waals surface area contributed by atoms with Gasteiger partial charge in [0.1, 0.15) is 16.9 Å². The zero-order chi connectivity index (χ0) is 15.7. The number of hydrogen-bond donors (Lipinski definition) is 3. The number of aromatic hydroxyl groups is 1. The van der Waals surface area contributed by atoms with Crippen LogP contribution in [0.2, 0.25) is 0 Å². The number of ether oxygens (including phenoxy) is 1. The molecule has 0 atom stereocenters. The number of hydrogen-bond acceptors (Lipinski definition) is 5. The Morgan fingerprint density at radius 1 is 1.36 bits per heavy atom. The topological polar surface area (TPSA) is 99.1 Å². The Morgan fingerprint density at radius 3 is 2.73 bits per heavy atom. The third-order valence-electron chi connectivity index (χ3n) is 4.22. The second kappa shape index (κ2) is 5.49. The Balaban J connectivity index is 1.72. The molecule has 22 heavy (non-hydrogen) atoms. The summed E-state index contributed by atoms with van der Waals surface area (Å²) in [4.78, 5) is 24.5. The number of carbonyl (C=O) groups is 2. The predicted octanol–water partition coefficient (Wildman–Crippen LogP) is 1.16. The Labute approximate surface area is 127 Å². The molecule has 2 fully saturated rings. The molecule has 3 rings (SSSR count). The van der Waals surface area contributed by atoms with Crippen LogP contribution in [0, 0.1) is 0 Å². The van der Waals surface area contributed by atoms with Gasteiger partial charge in [-0.05, 0) is 30.8 Å². The van der Waals surface area contributed by atoms with E-state index in [4.69, 9.17) is 9.84 Å². The molecule has 2 aliphatic rings. The van der Waals surface area contributed by atoms with Crippen molar-refractivity contribution in [3.8, 4) is 5.75 Å². The van der Waals surface area contributed by atoms with Crippen LogP contribution < -0.4 is 5.32 Å². The SMILES string of the molecule is O=C(O)c1ccc(CN2CC3(CCNCC3)OC2=O)cc1O. The van der Waals surface area contributed by atoms with Crippen molar-refractivity contribution in [2.45, 2.75) is 25.0 Å². The van der Waals surface area contributed by atoms with E-state index in [0.29, 0.717) is 18.7 Å². The summed E-state index contributed by atoms with van der Waals surface area (Å²) in [6.07, 6.45) is 1.22. The summed E-state index contributed by atoms with van der Waals surface area (Å²) in [5, 5.41) is 21.9. The summed E-state index contributed by atoms with van der Waals surface area (Å²) < 4.78 is 5.56. The Morgan fingerprint density at radius 2 is 2.09 bits per heavy atom. The molecule has 2 saturated heterocycles. The molecular weight excluding hydrogens is 288 g/mol. The first kappa shape index (κ1) is 14.6. The van der Waals surface area contributed by atoms with Crippen LogP contribution in [0.1, 0.15) is 28.8 Å². The number of aromatic carboxylic acids is 1. The maximum atomic E-state index is 12.0. The zero-order valence-electron chi connectivity index (χ0n) is 12.0. The molecule has 0 aromatic heterocycles. The normalized spacial score (nSPS) is 20.2. The van der Waals surface area contributed by atoms with Gasteiger partial charge in [-0.1, -0.05) is 6.07 Å². The molecule has 1 aromatic rings. The third kappa shape index (κ3) is 2.71. The number of carbonyl (C=O) groups excluding carboxylic acids is 1. The lowest BCUT2D eigenvalue weighted by atomic mass is 9.92. The average Bonchev–Trinajstić information content (AvgIpc) is 2.75. The Hall–Kier alpha value is -2.28. The lowest BCUT2D eigenvalue weighted by Crippen LogP contribution is -2.44. The van der Waals surface area contributed by atoms with Gasteiger partial charge in [-0.2, -0.15) is 0 Å². The van der Waals surface area contributed by atoms with E-state index < -0.39 is 11.6 Å². The minimum atomic E-state index is -1.18. The van der Waals surface area contributed by atoms with Gasteiger partial charge in [-0.3, -0.25) is 4.90 Å². The van der Waals surface area contributed by atoms with Crippen LogP contribution in [0.5, 0.6) is 5.75 Å². The zero-order valence-corrected chi connectivity index (χ0v) is 12.0. The van der Waals surface area contributed by atoms with Crippen molar-refractivity contribution < 1.29 is 24.5 Å². The summed E-state index contributed by atoms with van der Waals surface area (Å²) in [5.74, 6) is -1.48. The number of piperidine rings is 1. The summed E-state index contributed by atoms with van der Waals surface area (Å²) in [5.41, 5.74) is 0.110. The molecule has 1 aromatic carbocycles. The molecule has 0 radical (unpaired) electrons. The largest absolute Gasteiger partial charge is 0.507 e. The van der Waals surface area contributed by atoms with E-state index in [-0.39, 0.29) is 17.4 Å². The first-order valence-electron chi connectivity index (χ1n) is 7.23. The molecule has 2 aliphatic heterocycles. The first-order chi connectivity index (χ1) is 10.5. The number of nitrogens with zero attached hydrogens (tertiary/aromatic N) is 1. The van der Waals surface area contributed by atoms with Crippen LogP contribution in [0.15, 0.2) is 18.2 Å². The van der Waals surface area contributed by atoms with E-state index >= 15 is 0 Å². The fourth-order valence-corrected chi connectivity index (χ4v) is 3.03. The second-order valence-electron chi connectivity index (χ2n) is 5.81. The van der Waals surface area contributed by atoms with Gasteiger partial charge in [0.25, 0.3) is 0 Å². The lowest BCUT2D eigenvalue weighted by molar-refractivity contribution is 0.0316. The molecule has 0 aliphatic carbocycles. The first-order valence-corrected chi connectivity index (χ1v) is 7.23. The van der Waals surface area contributed by atoms with Crippen molar-refractivity contribution in [1.29, 1.82) is 0 Å². The van der Waals surface area contributed by atoms with Gasteiger partial charge in [-0.15, -0.1) is 0 Å². The number of benzene rings is 1. The highest BCUT2D eigenvalue weighted by Gasteiger charge is 2.45. The summed E-state index contributed by atoms with van der Waals surface area (Å²) in [6.45, 7) is 2.47. The van der Waals surface area contributed by atoms with E-state index in [1.54, 1.807) is 11.0 Å². The van der Waals surface area contributed by atoms with Crippen molar-refractivity contribution >= 4 is 12.1 Å². The highest BCUT2D eigenvalue weighted by molar-refractivity contribution is 5.90. The molecule has 0 unspecified atom stereocenters. The van der Waals surface area contributed by atoms with Gasteiger partial charge in [0.05, 0.1) is 6.54 Å². The standard InChI is InChI=1S/C15H18N2O5/c18-12-7-10(1-2-11(12)13(19)20)8-17-9-15(22-14(17)21)3-5-16-6-4-15/h1-2,7,16,18H,3-6,8-9H2,(H,19,20). The van der Waals surface area contributed by atoms with Crippen molar-refractivity contribution in [3.63, 3.8) is 0 Å². The maximum Gasteiger partial charge on any atom is 0.410 e. The highest BCUT2D eigenvalue weighted by Crippen LogP contribution is 2.32. The van der Waals surface area contributed by atoms with Crippen molar-refractivity contribution in [3.05, 3.63) is 29.3 Å². The number of carboxylic acids is 1. The van der Waals surface area contributed by atoms with Crippen molar-refractivity contribution in [1.82, 2.24) is 10.2 Å². The number of rotatable bonds is 3. The lowest BCUT2D eigenvalue weighted by Gasteiger charge is -2.31. The summed E-state index contributed by atoms with van der Waals surface area (Å²) in [6, 6.07) is 4.32. The second-order valence-corrected chi connectivity index (χ2v) is 5.81. The van der Waals surface area contributed by atoms with Crippen LogP contribution in [-0.2, 0) is 11.3 Å². The molecule has 1 spiro atoms. The van der Waals surface area contributed by atoms with Crippen LogP contribution in [0.4, 0.5) is 4.79 Å². The van der Waals surface area contributed by atoms with Crippen molar-refractivity contribution in [2.24, 2.45) is 0 Å². The van der Waals surface area contributed by atoms with Crippen LogP contribution >= 0.6 is 0 Å². The molecule has 2 heterocycles. The van der Waals surface area contributed by atoms with Gasteiger partial charge in [-0.25, -0.2) is 9.59 Å². The summed E-state index contributed by atoms with van der Waals surface area (Å²) >= 11 is 0. The Bertz CT molecular complexity index is 610. The van der Waals surface area contributed by atoms with Gasteiger partial charge in [0.15, 0.2) is 0 Å². The van der Waals surface area contributed by atoms with Crippen LogP contribution in [-0.4, -0.2) is 52.4 Å². The molecule has 3 N–H and O–H groups in total. The maximum absolute atomic E-state index is 12.0. The van der Waals surface area contributed by atoms with E-state index in [0.717, 1.165) is 25.9 Å². The molecule has 0 saturated carbocycles. The van der Waals surface area contributed by atoms with E-state index in [9.17, 15) is 14.7 Å². The number of nitrogens with one attached hydrogen (secondary N) is 1. The van der Waals surface area contributed by atoms with Gasteiger partial charge in [0, 0.05) is 19.4 Å². The molecule has 7 nitrogen and oxygen atoms in total. The molecular formula is C15H18N2O5. The van der Waals surface area contributed by atoms with E-state index in [1.807, 2.05) is 0 Å². The number of carboxylic acid groups (broad SMARTS) is 1. The highest BCUT2D eigenvalue weighted by atomic mass is 16.6. The summed E-state index contributed by atoms with van der Waals surface area (Å²) in [7, 11) is 0. The number of amides is 1. The minimum Gasteiger partial charge on any atom is -0.507 e. The average molecular weight is 306 g/mol. The van der Waals surface area contributed by atoms with Crippen LogP contribution in [0.25, 0.3) is 0 Å².